The van der Waals surface area contributed by atoms with Crippen molar-refractivity contribution in [2.45, 2.75) is 25.0 Å². The van der Waals surface area contributed by atoms with Crippen molar-refractivity contribution in [3.8, 4) is 17.1 Å². The van der Waals surface area contributed by atoms with Crippen molar-refractivity contribution in [3.63, 3.8) is 0 Å². The SMILES string of the molecule is CC(C)NC(=O)CSc1nnc(-c2ccccc2)n1-c1ccc(F)cc1F. The van der Waals surface area contributed by atoms with E-state index in [1.54, 1.807) is 0 Å². The molecule has 0 atom stereocenters. The Kier molecular flexibility index (Phi) is 5.85. The summed E-state index contributed by atoms with van der Waals surface area (Å²) < 4.78 is 29.3. The summed E-state index contributed by atoms with van der Waals surface area (Å²) in [5.74, 6) is -1.05. The molecule has 0 bridgehead atoms. The monoisotopic (exact) mass is 388 g/mol. The highest BCUT2D eigenvalue weighted by Gasteiger charge is 2.20. The van der Waals surface area contributed by atoms with Gasteiger partial charge < -0.3 is 5.32 Å². The molecule has 0 aliphatic carbocycles. The Morgan fingerprint density at radius 3 is 2.56 bits per heavy atom. The molecule has 0 radical (unpaired) electrons. The fourth-order valence-electron chi connectivity index (χ4n) is 2.51. The second kappa shape index (κ2) is 8.30. The van der Waals surface area contributed by atoms with E-state index in [4.69, 9.17) is 0 Å². The van der Waals surface area contributed by atoms with Crippen LogP contribution in [0.2, 0.25) is 0 Å². The normalized spacial score (nSPS) is 11.0. The number of nitrogens with zero attached hydrogens (tertiary/aromatic N) is 3. The minimum atomic E-state index is -0.736. The zero-order valence-electron chi connectivity index (χ0n) is 14.8. The van der Waals surface area contributed by atoms with Gasteiger partial charge in [0.2, 0.25) is 5.91 Å². The Morgan fingerprint density at radius 2 is 1.89 bits per heavy atom. The molecule has 0 aliphatic heterocycles. The maximum atomic E-state index is 14.5. The summed E-state index contributed by atoms with van der Waals surface area (Å²) in [7, 11) is 0. The van der Waals surface area contributed by atoms with Gasteiger partial charge in [-0.25, -0.2) is 8.78 Å². The van der Waals surface area contributed by atoms with Crippen molar-refractivity contribution >= 4 is 17.7 Å². The predicted octanol–water partition coefficient (Wildman–Crippen LogP) is 3.83. The van der Waals surface area contributed by atoms with Crippen molar-refractivity contribution in [2.24, 2.45) is 0 Å². The smallest absolute Gasteiger partial charge is 0.230 e. The highest BCUT2D eigenvalue weighted by molar-refractivity contribution is 7.99. The fraction of sp³-hybridized carbons (Fsp3) is 0.211. The molecule has 1 N–H and O–H groups in total. The van der Waals surface area contributed by atoms with Crippen LogP contribution < -0.4 is 5.32 Å². The first-order valence-corrected chi connectivity index (χ1v) is 9.32. The summed E-state index contributed by atoms with van der Waals surface area (Å²) in [6.07, 6.45) is 0. The van der Waals surface area contributed by atoms with Crippen LogP contribution in [-0.4, -0.2) is 32.5 Å². The molecule has 8 heteroatoms. The van der Waals surface area contributed by atoms with Gasteiger partial charge in [-0.15, -0.1) is 10.2 Å². The third kappa shape index (κ3) is 4.51. The quantitative estimate of drug-likeness (QED) is 0.652. The molecule has 3 rings (SSSR count). The molecule has 1 aromatic heterocycles. The molecule has 0 fully saturated rings. The van der Waals surface area contributed by atoms with Gasteiger partial charge in [0.1, 0.15) is 11.6 Å². The number of carbonyl (C=O) groups excluding carboxylic acids is 1. The van der Waals surface area contributed by atoms with Crippen molar-refractivity contribution in [1.82, 2.24) is 20.1 Å². The summed E-state index contributed by atoms with van der Waals surface area (Å²) in [5, 5.41) is 11.4. The number of rotatable bonds is 6. The van der Waals surface area contributed by atoms with E-state index in [2.05, 4.69) is 15.5 Å². The van der Waals surface area contributed by atoms with Crippen molar-refractivity contribution in [2.75, 3.05) is 5.75 Å². The molecular weight excluding hydrogens is 370 g/mol. The molecule has 0 saturated carbocycles. The van der Waals surface area contributed by atoms with Crippen LogP contribution in [0.1, 0.15) is 13.8 Å². The Balaban J connectivity index is 2.01. The number of thioether (sulfide) groups is 1. The third-order valence-corrected chi connectivity index (χ3v) is 4.53. The highest BCUT2D eigenvalue weighted by Crippen LogP contribution is 2.29. The molecule has 0 saturated heterocycles. The number of carbonyl (C=O) groups is 1. The van der Waals surface area contributed by atoms with Crippen LogP contribution in [0.15, 0.2) is 53.7 Å². The molecule has 0 unspecified atom stereocenters. The van der Waals surface area contributed by atoms with Crippen LogP contribution in [0.25, 0.3) is 17.1 Å². The molecular formula is C19H18F2N4OS. The Morgan fingerprint density at radius 1 is 1.15 bits per heavy atom. The van der Waals surface area contributed by atoms with Gasteiger partial charge in [-0.2, -0.15) is 0 Å². The Hall–Kier alpha value is -2.74. The number of halogens is 2. The van der Waals surface area contributed by atoms with Crippen molar-refractivity contribution in [1.29, 1.82) is 0 Å². The van der Waals surface area contributed by atoms with Crippen molar-refractivity contribution < 1.29 is 13.6 Å². The minimum Gasteiger partial charge on any atom is -0.353 e. The number of nitrogens with one attached hydrogen (secondary N) is 1. The van der Waals surface area contributed by atoms with Crippen LogP contribution in [0, 0.1) is 11.6 Å². The van der Waals surface area contributed by atoms with Crippen LogP contribution in [-0.2, 0) is 4.79 Å². The molecule has 1 amide bonds. The fourth-order valence-corrected chi connectivity index (χ4v) is 3.27. The maximum absolute atomic E-state index is 14.5. The standard InChI is InChI=1S/C19H18F2N4OS/c1-12(2)22-17(26)11-27-19-24-23-18(13-6-4-3-5-7-13)25(19)16-9-8-14(20)10-15(16)21/h3-10,12H,11H2,1-2H3,(H,22,26). The Labute approximate surface area is 159 Å². The lowest BCUT2D eigenvalue weighted by atomic mass is 10.2. The van der Waals surface area contributed by atoms with Gasteiger partial charge in [-0.1, -0.05) is 42.1 Å². The largest absolute Gasteiger partial charge is 0.353 e. The van der Waals surface area contributed by atoms with E-state index in [-0.39, 0.29) is 23.4 Å². The van der Waals surface area contributed by atoms with E-state index in [1.807, 2.05) is 44.2 Å². The van der Waals surface area contributed by atoms with Gasteiger partial charge in [0.25, 0.3) is 0 Å². The maximum Gasteiger partial charge on any atom is 0.230 e. The average Bonchev–Trinajstić information content (AvgIpc) is 3.04. The first-order chi connectivity index (χ1) is 13.0. The number of aromatic nitrogens is 3. The van der Waals surface area contributed by atoms with Gasteiger partial charge >= 0.3 is 0 Å². The van der Waals surface area contributed by atoms with E-state index < -0.39 is 11.6 Å². The zero-order valence-corrected chi connectivity index (χ0v) is 15.6. The molecule has 5 nitrogen and oxygen atoms in total. The molecule has 140 valence electrons. The number of hydrogen-bond donors (Lipinski definition) is 1. The zero-order chi connectivity index (χ0) is 19.4. The summed E-state index contributed by atoms with van der Waals surface area (Å²) in [5.41, 5.74) is 0.847. The average molecular weight is 388 g/mol. The minimum absolute atomic E-state index is 0.0189. The van der Waals surface area contributed by atoms with E-state index in [1.165, 1.54) is 16.7 Å². The first kappa shape index (κ1) is 19.0. The van der Waals surface area contributed by atoms with Crippen LogP contribution in [0.3, 0.4) is 0 Å². The number of amides is 1. The molecule has 0 spiro atoms. The van der Waals surface area contributed by atoms with E-state index in [0.29, 0.717) is 11.0 Å². The lowest BCUT2D eigenvalue weighted by Crippen LogP contribution is -2.31. The summed E-state index contributed by atoms with van der Waals surface area (Å²) in [4.78, 5) is 11.9. The van der Waals surface area contributed by atoms with Crippen LogP contribution in [0.4, 0.5) is 8.78 Å². The molecule has 1 heterocycles. The van der Waals surface area contributed by atoms with E-state index >= 15 is 0 Å². The molecule has 0 aliphatic rings. The summed E-state index contributed by atoms with van der Waals surface area (Å²) >= 11 is 1.14. The van der Waals surface area contributed by atoms with E-state index in [0.717, 1.165) is 23.4 Å². The molecule has 27 heavy (non-hydrogen) atoms. The topological polar surface area (TPSA) is 59.8 Å². The third-order valence-electron chi connectivity index (χ3n) is 3.60. The van der Waals surface area contributed by atoms with Gasteiger partial charge in [0, 0.05) is 17.7 Å². The summed E-state index contributed by atoms with van der Waals surface area (Å²) in [6.45, 7) is 3.74. The van der Waals surface area contributed by atoms with Crippen LogP contribution >= 0.6 is 11.8 Å². The predicted molar refractivity (Wildman–Crippen MR) is 101 cm³/mol. The van der Waals surface area contributed by atoms with Crippen molar-refractivity contribution in [3.05, 3.63) is 60.2 Å². The molecule has 2 aromatic carbocycles. The van der Waals surface area contributed by atoms with Gasteiger partial charge in [0.05, 0.1) is 11.4 Å². The number of benzene rings is 2. The van der Waals surface area contributed by atoms with Gasteiger partial charge in [-0.05, 0) is 26.0 Å². The van der Waals surface area contributed by atoms with Gasteiger partial charge in [-0.3, -0.25) is 9.36 Å². The lowest BCUT2D eigenvalue weighted by molar-refractivity contribution is -0.119. The Bertz CT molecular complexity index is 944. The second-order valence-electron chi connectivity index (χ2n) is 6.11. The lowest BCUT2D eigenvalue weighted by Gasteiger charge is -2.12. The summed E-state index contributed by atoms with van der Waals surface area (Å²) in [6, 6.07) is 12.5. The highest BCUT2D eigenvalue weighted by atomic mass is 32.2. The second-order valence-corrected chi connectivity index (χ2v) is 7.06. The first-order valence-electron chi connectivity index (χ1n) is 8.34. The molecule has 3 aromatic rings. The van der Waals surface area contributed by atoms with E-state index in [9.17, 15) is 13.6 Å². The van der Waals surface area contributed by atoms with Gasteiger partial charge in [0.15, 0.2) is 11.0 Å². The van der Waals surface area contributed by atoms with Crippen LogP contribution in [0.5, 0.6) is 0 Å². The number of hydrogen-bond acceptors (Lipinski definition) is 4.